The predicted octanol–water partition coefficient (Wildman–Crippen LogP) is 0.881. The van der Waals surface area contributed by atoms with E-state index in [2.05, 4.69) is 0 Å². The lowest BCUT2D eigenvalue weighted by atomic mass is 10.1. The van der Waals surface area contributed by atoms with E-state index < -0.39 is 0 Å². The molecular formula is C9H12O3. The van der Waals surface area contributed by atoms with Crippen molar-refractivity contribution in [2.45, 2.75) is 19.8 Å². The van der Waals surface area contributed by atoms with Gasteiger partial charge in [0.1, 0.15) is 5.78 Å². The van der Waals surface area contributed by atoms with Crippen molar-refractivity contribution < 1.29 is 14.3 Å². The second-order valence-electron chi connectivity index (χ2n) is 2.96. The number of rotatable bonds is 4. The summed E-state index contributed by atoms with van der Waals surface area (Å²) in [6.45, 7) is 2.64. The van der Waals surface area contributed by atoms with Crippen LogP contribution in [0.3, 0.4) is 0 Å². The van der Waals surface area contributed by atoms with Crippen LogP contribution < -0.4 is 0 Å². The van der Waals surface area contributed by atoms with Gasteiger partial charge in [-0.15, -0.1) is 0 Å². The summed E-state index contributed by atoms with van der Waals surface area (Å²) in [5.74, 6) is 0.0927. The topological polar surface area (TPSA) is 43.4 Å². The molecule has 12 heavy (non-hydrogen) atoms. The minimum absolute atomic E-state index is 0.0310. The third-order valence-electron chi connectivity index (χ3n) is 1.66. The Labute approximate surface area is 71.4 Å². The fourth-order valence-corrected chi connectivity index (χ4v) is 0.902. The molecule has 3 heteroatoms. The van der Waals surface area contributed by atoms with Crippen LogP contribution >= 0.6 is 0 Å². The Morgan fingerprint density at radius 2 is 2.08 bits per heavy atom. The summed E-state index contributed by atoms with van der Waals surface area (Å²) in [5, 5.41) is 0. The minimum Gasteiger partial charge on any atom is -0.373 e. The Bertz CT molecular complexity index is 222. The zero-order valence-corrected chi connectivity index (χ0v) is 7.13. The Balaban J connectivity index is 2.24. The van der Waals surface area contributed by atoms with Gasteiger partial charge in [-0.2, -0.15) is 0 Å². The third-order valence-corrected chi connectivity index (χ3v) is 1.66. The van der Waals surface area contributed by atoms with Crippen LogP contribution in [-0.2, 0) is 14.3 Å². The Hall–Kier alpha value is -0.960. The van der Waals surface area contributed by atoms with Gasteiger partial charge in [-0.05, 0) is 18.6 Å². The highest BCUT2D eigenvalue weighted by Crippen LogP contribution is 2.08. The van der Waals surface area contributed by atoms with E-state index in [1.54, 1.807) is 6.08 Å². The van der Waals surface area contributed by atoms with Crippen molar-refractivity contribution in [1.82, 2.24) is 0 Å². The van der Waals surface area contributed by atoms with E-state index in [1.165, 1.54) is 6.92 Å². The number of allylic oxidation sites excluding steroid dienone is 1. The summed E-state index contributed by atoms with van der Waals surface area (Å²) in [6.07, 6.45) is 2.27. The highest BCUT2D eigenvalue weighted by molar-refractivity contribution is 5.93. The van der Waals surface area contributed by atoms with Crippen molar-refractivity contribution in [2.75, 3.05) is 13.2 Å². The molecule has 0 bridgehead atoms. The first-order chi connectivity index (χ1) is 5.68. The molecule has 66 valence electrons. The molecule has 1 heterocycles. The van der Waals surface area contributed by atoms with Gasteiger partial charge in [-0.3, -0.25) is 4.79 Å². The lowest BCUT2D eigenvalue weighted by molar-refractivity contribution is -0.121. The minimum atomic E-state index is 0.0310. The number of carbonyl (C=O) groups is 2. The van der Waals surface area contributed by atoms with Gasteiger partial charge in [0.05, 0.1) is 13.2 Å². The van der Waals surface area contributed by atoms with Crippen LogP contribution in [0.5, 0.6) is 0 Å². The predicted molar refractivity (Wildman–Crippen MR) is 43.8 cm³/mol. The van der Waals surface area contributed by atoms with Gasteiger partial charge >= 0.3 is 0 Å². The summed E-state index contributed by atoms with van der Waals surface area (Å²) < 4.78 is 4.87. The average molecular weight is 168 g/mol. The molecule has 0 aromatic carbocycles. The maximum Gasteiger partial charge on any atom is 0.156 e. The summed E-state index contributed by atoms with van der Waals surface area (Å²) in [5.41, 5.74) is 1.03. The maximum atomic E-state index is 11.1. The van der Waals surface area contributed by atoms with Crippen LogP contribution in [0.25, 0.3) is 0 Å². The highest BCUT2D eigenvalue weighted by atomic mass is 16.5. The number of carbonyl (C=O) groups excluding carboxylic acids is 2. The van der Waals surface area contributed by atoms with Crippen molar-refractivity contribution in [3.05, 3.63) is 11.6 Å². The molecule has 1 fully saturated rings. The molecule has 0 aromatic rings. The van der Waals surface area contributed by atoms with Crippen LogP contribution in [0.4, 0.5) is 0 Å². The van der Waals surface area contributed by atoms with Crippen LogP contribution in [0.15, 0.2) is 11.6 Å². The van der Waals surface area contributed by atoms with E-state index >= 15 is 0 Å². The van der Waals surface area contributed by atoms with E-state index in [4.69, 9.17) is 4.74 Å². The lowest BCUT2D eigenvalue weighted by Gasteiger charge is -2.16. The summed E-state index contributed by atoms with van der Waals surface area (Å²) in [7, 11) is 0. The summed E-state index contributed by atoms with van der Waals surface area (Å²) in [4.78, 5) is 21.6. The highest BCUT2D eigenvalue weighted by Gasteiger charge is 2.10. The molecule has 0 aromatic heterocycles. The normalized spacial score (nSPS) is 15.2. The molecule has 1 aliphatic rings. The molecule has 0 amide bonds. The van der Waals surface area contributed by atoms with Crippen molar-refractivity contribution in [2.24, 2.45) is 0 Å². The van der Waals surface area contributed by atoms with E-state index in [9.17, 15) is 9.59 Å². The zero-order chi connectivity index (χ0) is 8.97. The van der Waals surface area contributed by atoms with Crippen molar-refractivity contribution >= 4 is 11.6 Å². The molecule has 0 atom stereocenters. The second kappa shape index (κ2) is 4.16. The second-order valence-corrected chi connectivity index (χ2v) is 2.96. The first-order valence-electron chi connectivity index (χ1n) is 3.98. The first kappa shape index (κ1) is 9.13. The fourth-order valence-electron chi connectivity index (χ4n) is 0.902. The number of ketones is 2. The van der Waals surface area contributed by atoms with Gasteiger partial charge < -0.3 is 9.53 Å². The molecule has 3 nitrogen and oxygen atoms in total. The standard InChI is InChI=1S/C9H12O3/c1-7(10)2-3-9(11)4-8-5-12-6-8/h4H,2-3,5-6H2,1H3. The third kappa shape index (κ3) is 2.96. The smallest absolute Gasteiger partial charge is 0.156 e. The fraction of sp³-hybridized carbons (Fsp3) is 0.556. The van der Waals surface area contributed by atoms with Gasteiger partial charge in [0, 0.05) is 12.8 Å². The van der Waals surface area contributed by atoms with Gasteiger partial charge in [0.2, 0.25) is 0 Å². The van der Waals surface area contributed by atoms with Gasteiger partial charge in [0.15, 0.2) is 5.78 Å². The Morgan fingerprint density at radius 3 is 2.50 bits per heavy atom. The van der Waals surface area contributed by atoms with Crippen molar-refractivity contribution in [3.63, 3.8) is 0 Å². The van der Waals surface area contributed by atoms with Crippen LogP contribution in [0.2, 0.25) is 0 Å². The number of ether oxygens (including phenoxy) is 1. The molecule has 0 radical (unpaired) electrons. The first-order valence-corrected chi connectivity index (χ1v) is 3.98. The molecule has 0 spiro atoms. The van der Waals surface area contributed by atoms with E-state index in [1.807, 2.05) is 0 Å². The maximum absolute atomic E-state index is 11.1. The van der Waals surface area contributed by atoms with E-state index in [-0.39, 0.29) is 11.6 Å². The number of hydrogen-bond acceptors (Lipinski definition) is 3. The van der Waals surface area contributed by atoms with Crippen LogP contribution in [-0.4, -0.2) is 24.8 Å². The largest absolute Gasteiger partial charge is 0.373 e. The zero-order valence-electron chi connectivity index (χ0n) is 7.13. The number of hydrogen-bond donors (Lipinski definition) is 0. The van der Waals surface area contributed by atoms with Gasteiger partial charge in [-0.1, -0.05) is 0 Å². The molecule has 0 N–H and O–H groups in total. The van der Waals surface area contributed by atoms with E-state index in [0.717, 1.165) is 5.57 Å². The Morgan fingerprint density at radius 1 is 1.42 bits per heavy atom. The molecule has 1 aliphatic heterocycles. The molecule has 0 aliphatic carbocycles. The van der Waals surface area contributed by atoms with Gasteiger partial charge in [0.25, 0.3) is 0 Å². The quantitative estimate of drug-likeness (QED) is 0.585. The SMILES string of the molecule is CC(=O)CCC(=O)C=C1COC1. The molecule has 1 rings (SSSR count). The lowest BCUT2D eigenvalue weighted by Crippen LogP contribution is -2.17. The van der Waals surface area contributed by atoms with Crippen LogP contribution in [0, 0.1) is 0 Å². The monoisotopic (exact) mass is 168 g/mol. The molecule has 0 saturated carbocycles. The summed E-state index contributed by atoms with van der Waals surface area (Å²) >= 11 is 0. The number of Topliss-reactive ketones (excluding diaryl/α,β-unsaturated/α-hetero) is 1. The van der Waals surface area contributed by atoms with Gasteiger partial charge in [-0.25, -0.2) is 0 Å². The molecule has 0 unspecified atom stereocenters. The van der Waals surface area contributed by atoms with Crippen LogP contribution in [0.1, 0.15) is 19.8 Å². The Kier molecular flexibility index (Phi) is 3.17. The molecule has 1 saturated heterocycles. The van der Waals surface area contributed by atoms with Crippen molar-refractivity contribution in [3.8, 4) is 0 Å². The van der Waals surface area contributed by atoms with E-state index in [0.29, 0.717) is 26.1 Å². The average Bonchev–Trinajstić information content (AvgIpc) is 1.93. The summed E-state index contributed by atoms with van der Waals surface area (Å²) in [6, 6.07) is 0. The molecular weight excluding hydrogens is 156 g/mol. The van der Waals surface area contributed by atoms with Crippen molar-refractivity contribution in [1.29, 1.82) is 0 Å².